The second-order valence-corrected chi connectivity index (χ2v) is 4.74. The van der Waals surface area contributed by atoms with E-state index in [0.29, 0.717) is 6.10 Å². The van der Waals surface area contributed by atoms with Crippen LogP contribution in [0.2, 0.25) is 0 Å². The summed E-state index contributed by atoms with van der Waals surface area (Å²) >= 11 is 0. The standard InChI is InChI=1S/C14H20O2/c1-10-7-8-14(13(9-10)11(2)15)16-12-5-3-4-6-12/h7-9,11-12,15H,3-6H2,1-2H3. The van der Waals surface area contributed by atoms with Crippen molar-refractivity contribution in [2.45, 2.75) is 51.7 Å². The van der Waals surface area contributed by atoms with Crippen LogP contribution in [0.3, 0.4) is 0 Å². The molecule has 1 unspecified atom stereocenters. The highest BCUT2D eigenvalue weighted by atomic mass is 16.5. The van der Waals surface area contributed by atoms with E-state index in [1.165, 1.54) is 12.8 Å². The summed E-state index contributed by atoms with van der Waals surface area (Å²) in [5.41, 5.74) is 2.07. The van der Waals surface area contributed by atoms with Crippen molar-refractivity contribution in [2.75, 3.05) is 0 Å². The molecule has 1 atom stereocenters. The van der Waals surface area contributed by atoms with Crippen LogP contribution in [0.1, 0.15) is 49.8 Å². The molecule has 1 fully saturated rings. The molecule has 0 saturated heterocycles. The number of aryl methyl sites for hydroxylation is 1. The van der Waals surface area contributed by atoms with Crippen molar-refractivity contribution in [1.82, 2.24) is 0 Å². The van der Waals surface area contributed by atoms with Crippen LogP contribution in [0.25, 0.3) is 0 Å². The highest BCUT2D eigenvalue weighted by Gasteiger charge is 2.18. The molecule has 1 aromatic rings. The van der Waals surface area contributed by atoms with Gasteiger partial charge >= 0.3 is 0 Å². The third-order valence-corrected chi connectivity index (χ3v) is 3.21. The lowest BCUT2D eigenvalue weighted by atomic mass is 10.1. The topological polar surface area (TPSA) is 29.5 Å². The Bertz CT molecular complexity index is 352. The molecule has 0 amide bonds. The molecule has 2 nitrogen and oxygen atoms in total. The summed E-state index contributed by atoms with van der Waals surface area (Å²) in [6, 6.07) is 6.03. The normalized spacial score (nSPS) is 18.7. The minimum atomic E-state index is -0.462. The lowest BCUT2D eigenvalue weighted by molar-refractivity contribution is 0.174. The van der Waals surface area contributed by atoms with Crippen molar-refractivity contribution in [3.05, 3.63) is 29.3 Å². The van der Waals surface area contributed by atoms with Gasteiger partial charge < -0.3 is 9.84 Å². The maximum absolute atomic E-state index is 9.72. The van der Waals surface area contributed by atoms with E-state index in [4.69, 9.17) is 4.74 Å². The fraction of sp³-hybridized carbons (Fsp3) is 0.571. The van der Waals surface area contributed by atoms with Crippen molar-refractivity contribution < 1.29 is 9.84 Å². The van der Waals surface area contributed by atoms with Crippen LogP contribution in [-0.4, -0.2) is 11.2 Å². The Morgan fingerprint density at radius 2 is 2.00 bits per heavy atom. The Morgan fingerprint density at radius 3 is 2.62 bits per heavy atom. The first-order valence-corrected chi connectivity index (χ1v) is 6.12. The van der Waals surface area contributed by atoms with Crippen LogP contribution >= 0.6 is 0 Å². The highest BCUT2D eigenvalue weighted by Crippen LogP contribution is 2.30. The van der Waals surface area contributed by atoms with Gasteiger partial charge in [-0.2, -0.15) is 0 Å². The summed E-state index contributed by atoms with van der Waals surface area (Å²) in [5, 5.41) is 9.72. The van der Waals surface area contributed by atoms with E-state index < -0.39 is 6.10 Å². The number of aliphatic hydroxyl groups excluding tert-OH is 1. The Morgan fingerprint density at radius 1 is 1.31 bits per heavy atom. The Balaban J connectivity index is 2.18. The van der Waals surface area contributed by atoms with E-state index in [9.17, 15) is 5.11 Å². The van der Waals surface area contributed by atoms with E-state index in [-0.39, 0.29) is 0 Å². The number of aliphatic hydroxyl groups is 1. The fourth-order valence-corrected chi connectivity index (χ4v) is 2.29. The summed E-state index contributed by atoms with van der Waals surface area (Å²) in [6.45, 7) is 3.82. The Kier molecular flexibility index (Phi) is 3.49. The zero-order valence-electron chi connectivity index (χ0n) is 10.1. The third-order valence-electron chi connectivity index (χ3n) is 3.21. The molecule has 1 aromatic carbocycles. The molecule has 16 heavy (non-hydrogen) atoms. The van der Waals surface area contributed by atoms with Crippen molar-refractivity contribution in [3.8, 4) is 5.75 Å². The molecule has 1 aliphatic carbocycles. The molecule has 0 heterocycles. The van der Waals surface area contributed by atoms with Crippen LogP contribution in [-0.2, 0) is 0 Å². The average molecular weight is 220 g/mol. The van der Waals surface area contributed by atoms with Crippen molar-refractivity contribution >= 4 is 0 Å². The fourth-order valence-electron chi connectivity index (χ4n) is 2.29. The second-order valence-electron chi connectivity index (χ2n) is 4.74. The van der Waals surface area contributed by atoms with E-state index in [0.717, 1.165) is 29.7 Å². The molecule has 1 saturated carbocycles. The zero-order chi connectivity index (χ0) is 11.5. The Labute approximate surface area is 97.3 Å². The molecule has 0 spiro atoms. The zero-order valence-corrected chi connectivity index (χ0v) is 10.1. The SMILES string of the molecule is Cc1ccc(OC2CCCC2)c(C(C)O)c1. The summed E-state index contributed by atoms with van der Waals surface area (Å²) in [6.07, 6.45) is 4.71. The molecule has 1 aliphatic rings. The van der Waals surface area contributed by atoms with Crippen LogP contribution in [0, 0.1) is 6.92 Å². The van der Waals surface area contributed by atoms with Crippen LogP contribution in [0.4, 0.5) is 0 Å². The monoisotopic (exact) mass is 220 g/mol. The second kappa shape index (κ2) is 4.88. The van der Waals surface area contributed by atoms with E-state index in [2.05, 4.69) is 0 Å². The summed E-state index contributed by atoms with van der Waals surface area (Å²) in [7, 11) is 0. The van der Waals surface area contributed by atoms with Gasteiger partial charge in [0.25, 0.3) is 0 Å². The lowest BCUT2D eigenvalue weighted by Gasteiger charge is -2.18. The summed E-state index contributed by atoms with van der Waals surface area (Å²) in [4.78, 5) is 0. The van der Waals surface area contributed by atoms with Gasteiger partial charge in [-0.1, -0.05) is 11.6 Å². The smallest absolute Gasteiger partial charge is 0.125 e. The summed E-state index contributed by atoms with van der Waals surface area (Å²) < 4.78 is 5.96. The van der Waals surface area contributed by atoms with Gasteiger partial charge in [-0.15, -0.1) is 0 Å². The third kappa shape index (κ3) is 2.56. The number of hydrogen-bond acceptors (Lipinski definition) is 2. The first-order chi connectivity index (χ1) is 7.66. The maximum Gasteiger partial charge on any atom is 0.125 e. The van der Waals surface area contributed by atoms with Crippen molar-refractivity contribution in [3.63, 3.8) is 0 Å². The molecule has 1 N–H and O–H groups in total. The lowest BCUT2D eigenvalue weighted by Crippen LogP contribution is -2.12. The largest absolute Gasteiger partial charge is 0.490 e. The summed E-state index contributed by atoms with van der Waals surface area (Å²) in [5.74, 6) is 0.854. The number of ether oxygens (including phenoxy) is 1. The molecule has 2 rings (SSSR count). The average Bonchev–Trinajstić information content (AvgIpc) is 2.73. The van der Waals surface area contributed by atoms with Crippen LogP contribution < -0.4 is 4.74 Å². The first-order valence-electron chi connectivity index (χ1n) is 6.12. The number of benzene rings is 1. The van der Waals surface area contributed by atoms with Crippen LogP contribution in [0.15, 0.2) is 18.2 Å². The van der Waals surface area contributed by atoms with Gasteiger partial charge in [-0.3, -0.25) is 0 Å². The van der Waals surface area contributed by atoms with Crippen molar-refractivity contribution in [1.29, 1.82) is 0 Å². The molecular formula is C14H20O2. The predicted molar refractivity (Wildman–Crippen MR) is 64.7 cm³/mol. The molecule has 2 heteroatoms. The number of hydrogen-bond donors (Lipinski definition) is 1. The van der Waals surface area contributed by atoms with E-state index in [1.54, 1.807) is 6.92 Å². The molecule has 0 aromatic heterocycles. The van der Waals surface area contributed by atoms with Crippen LogP contribution in [0.5, 0.6) is 5.75 Å². The maximum atomic E-state index is 9.72. The van der Waals surface area contributed by atoms with Gasteiger partial charge in [0, 0.05) is 5.56 Å². The van der Waals surface area contributed by atoms with Gasteiger partial charge in [0.05, 0.1) is 12.2 Å². The van der Waals surface area contributed by atoms with E-state index >= 15 is 0 Å². The van der Waals surface area contributed by atoms with Gasteiger partial charge in [0.2, 0.25) is 0 Å². The van der Waals surface area contributed by atoms with Gasteiger partial charge in [0.15, 0.2) is 0 Å². The molecule has 0 aliphatic heterocycles. The minimum Gasteiger partial charge on any atom is -0.490 e. The number of rotatable bonds is 3. The minimum absolute atomic E-state index is 0.347. The van der Waals surface area contributed by atoms with Gasteiger partial charge in [0.1, 0.15) is 5.75 Å². The first kappa shape index (κ1) is 11.5. The molecule has 0 radical (unpaired) electrons. The molecule has 88 valence electrons. The predicted octanol–water partition coefficient (Wildman–Crippen LogP) is 3.37. The highest BCUT2D eigenvalue weighted by molar-refractivity contribution is 5.38. The molecule has 0 bridgehead atoms. The quantitative estimate of drug-likeness (QED) is 0.846. The molecular weight excluding hydrogens is 200 g/mol. The van der Waals surface area contributed by atoms with Crippen molar-refractivity contribution in [2.24, 2.45) is 0 Å². The Hall–Kier alpha value is -1.02. The van der Waals surface area contributed by atoms with Gasteiger partial charge in [-0.05, 0) is 51.7 Å². The van der Waals surface area contributed by atoms with E-state index in [1.807, 2.05) is 25.1 Å². The van der Waals surface area contributed by atoms with Gasteiger partial charge in [-0.25, -0.2) is 0 Å².